The second kappa shape index (κ2) is 13.7. The Morgan fingerprint density at radius 2 is 2.03 bits per heavy atom. The van der Waals surface area contributed by atoms with Gasteiger partial charge < -0.3 is 24.4 Å². The molecule has 2 saturated heterocycles. The van der Waals surface area contributed by atoms with Crippen LogP contribution in [0.25, 0.3) is 0 Å². The topological polar surface area (TPSA) is 167 Å². The molecule has 0 aromatic heterocycles. The normalized spacial score (nSPS) is 21.3. The van der Waals surface area contributed by atoms with Crippen LogP contribution < -0.4 is 5.32 Å². The van der Waals surface area contributed by atoms with E-state index < -0.39 is 35.2 Å². The van der Waals surface area contributed by atoms with Crippen molar-refractivity contribution in [2.24, 2.45) is 10.9 Å². The lowest BCUT2D eigenvalue weighted by Gasteiger charge is -2.39. The molecule has 14 heteroatoms. The number of carbonyl (C=O) groups excluding carboxylic acids is 4. The summed E-state index contributed by atoms with van der Waals surface area (Å²) in [5.41, 5.74) is 0.539. The predicted molar refractivity (Wildman–Crippen MR) is 141 cm³/mol. The number of hydrogen-bond donors (Lipinski definition) is 1. The Morgan fingerprint density at radius 3 is 2.67 bits per heavy atom. The van der Waals surface area contributed by atoms with Crippen LogP contribution in [0.1, 0.15) is 32.3 Å². The summed E-state index contributed by atoms with van der Waals surface area (Å²) in [4.78, 5) is 64.5. The Labute approximate surface area is 229 Å². The molecule has 2 fully saturated rings. The number of amidine groups is 1. The van der Waals surface area contributed by atoms with Gasteiger partial charge in [-0.25, -0.2) is 9.59 Å². The van der Waals surface area contributed by atoms with Crippen molar-refractivity contribution in [3.8, 4) is 0 Å². The quantitative estimate of drug-likeness (QED) is 0.0846. The third kappa shape index (κ3) is 8.53. The number of nitro benzene ring substituents is 1. The first-order valence-electron chi connectivity index (χ1n) is 12.2. The smallest absolute Gasteiger partial charge is 0.443 e. The van der Waals surface area contributed by atoms with Gasteiger partial charge >= 0.3 is 12.2 Å². The van der Waals surface area contributed by atoms with Crippen LogP contribution in [0.4, 0.5) is 15.3 Å². The Morgan fingerprint density at radius 1 is 1.31 bits per heavy atom. The van der Waals surface area contributed by atoms with Gasteiger partial charge in [0.05, 0.1) is 16.9 Å². The highest BCUT2D eigenvalue weighted by molar-refractivity contribution is 8.14. The monoisotopic (exact) mass is 562 g/mol. The molecule has 4 atom stereocenters. The molecule has 0 saturated carbocycles. The zero-order chi connectivity index (χ0) is 28.5. The van der Waals surface area contributed by atoms with E-state index >= 15 is 0 Å². The van der Waals surface area contributed by atoms with E-state index in [0.717, 1.165) is 0 Å². The predicted octanol–water partition coefficient (Wildman–Crippen LogP) is 3.22. The first kappa shape index (κ1) is 29.6. The van der Waals surface area contributed by atoms with Crippen LogP contribution in [0.15, 0.2) is 41.9 Å². The van der Waals surface area contributed by atoms with E-state index in [1.165, 1.54) is 42.1 Å². The molecule has 0 bridgehead atoms. The van der Waals surface area contributed by atoms with Crippen LogP contribution >= 0.6 is 11.8 Å². The fraction of sp³-hybridized carbons (Fsp3) is 0.480. The van der Waals surface area contributed by atoms with Crippen LogP contribution in [0, 0.1) is 16.0 Å². The molecule has 39 heavy (non-hydrogen) atoms. The van der Waals surface area contributed by atoms with E-state index in [0.29, 0.717) is 30.9 Å². The number of ether oxygens (including phenoxy) is 3. The number of nitrogens with zero attached hydrogens (tertiary/aromatic N) is 3. The van der Waals surface area contributed by atoms with Gasteiger partial charge in [-0.3, -0.25) is 19.7 Å². The standard InChI is InChI=1S/C25H30N4O9S/c1-4-11-36-25(33)38-15(2)22-20(27-23(22)31)12-21(30)39-19-9-10-28(13-19)16(3)26-24(32)37-14-17-5-7-18(8-6-17)29(34)35/h4-8,15,19-20,22H,1,9-14H2,2-3H3,(H,27,31)/b26-16+/t15-,19+,20-,22-/m1/s1. The molecule has 2 aliphatic rings. The van der Waals surface area contributed by atoms with Gasteiger partial charge in [-0.2, -0.15) is 4.99 Å². The minimum absolute atomic E-state index is 0.00702. The minimum Gasteiger partial charge on any atom is -0.443 e. The van der Waals surface area contributed by atoms with Gasteiger partial charge in [0.2, 0.25) is 5.91 Å². The maximum Gasteiger partial charge on any atom is 0.508 e. The van der Waals surface area contributed by atoms with E-state index in [9.17, 15) is 29.3 Å². The van der Waals surface area contributed by atoms with Gasteiger partial charge in [0.1, 0.15) is 25.2 Å². The van der Waals surface area contributed by atoms with Crippen molar-refractivity contribution in [1.29, 1.82) is 0 Å². The minimum atomic E-state index is -0.903. The second-order valence-corrected chi connectivity index (χ2v) is 10.4. The van der Waals surface area contributed by atoms with Crippen molar-refractivity contribution in [2.75, 3.05) is 19.7 Å². The summed E-state index contributed by atoms with van der Waals surface area (Å²) in [5.74, 6) is -0.474. The van der Waals surface area contributed by atoms with Gasteiger partial charge in [0.15, 0.2) is 5.12 Å². The maximum absolute atomic E-state index is 12.7. The molecule has 0 radical (unpaired) electrons. The van der Waals surface area contributed by atoms with Crippen molar-refractivity contribution in [1.82, 2.24) is 10.2 Å². The molecule has 1 N–H and O–H groups in total. The van der Waals surface area contributed by atoms with Gasteiger partial charge in [-0.15, -0.1) is 0 Å². The van der Waals surface area contributed by atoms with E-state index in [1.54, 1.807) is 13.8 Å². The molecule has 0 spiro atoms. The number of benzene rings is 1. The van der Waals surface area contributed by atoms with E-state index in [1.807, 2.05) is 4.90 Å². The fourth-order valence-electron chi connectivity index (χ4n) is 4.19. The number of nitrogens with one attached hydrogen (secondary N) is 1. The summed E-state index contributed by atoms with van der Waals surface area (Å²) < 4.78 is 15.0. The summed E-state index contributed by atoms with van der Waals surface area (Å²) in [5, 5.41) is 13.3. The average molecular weight is 563 g/mol. The number of amides is 2. The number of nitro groups is 1. The molecule has 0 aliphatic carbocycles. The van der Waals surface area contributed by atoms with Gasteiger partial charge in [0.25, 0.3) is 5.69 Å². The molecule has 13 nitrogen and oxygen atoms in total. The molecular weight excluding hydrogens is 532 g/mol. The highest BCUT2D eigenvalue weighted by Crippen LogP contribution is 2.30. The third-order valence-electron chi connectivity index (χ3n) is 6.22. The molecule has 1 aromatic carbocycles. The first-order chi connectivity index (χ1) is 18.6. The number of hydrogen-bond acceptors (Lipinski definition) is 10. The number of non-ortho nitro benzene ring substituents is 1. The number of β-lactam (4-membered cyclic amide) rings is 1. The van der Waals surface area contributed by atoms with E-state index in [4.69, 9.17) is 14.2 Å². The summed E-state index contributed by atoms with van der Waals surface area (Å²) >= 11 is 1.18. The summed E-state index contributed by atoms with van der Waals surface area (Å²) in [7, 11) is 0. The first-order valence-corrected chi connectivity index (χ1v) is 13.1. The number of aliphatic imine (C=N–C) groups is 1. The molecule has 0 unspecified atom stereocenters. The van der Waals surface area contributed by atoms with Crippen molar-refractivity contribution >= 4 is 46.6 Å². The Kier molecular flexibility index (Phi) is 10.4. The number of likely N-dealkylation sites (tertiary alicyclic amines) is 1. The molecule has 3 rings (SSSR count). The maximum atomic E-state index is 12.7. The van der Waals surface area contributed by atoms with Gasteiger partial charge in [-0.1, -0.05) is 24.4 Å². The second-order valence-electron chi connectivity index (χ2n) is 9.00. The zero-order valence-corrected chi connectivity index (χ0v) is 22.4. The lowest BCUT2D eigenvalue weighted by molar-refractivity contribution is -0.384. The van der Waals surface area contributed by atoms with Crippen molar-refractivity contribution in [3.05, 3.63) is 52.6 Å². The highest BCUT2D eigenvalue weighted by Gasteiger charge is 2.46. The Bertz CT molecular complexity index is 1140. The third-order valence-corrected chi connectivity index (χ3v) is 7.37. The van der Waals surface area contributed by atoms with Gasteiger partial charge in [-0.05, 0) is 38.0 Å². The Hall–Kier alpha value is -3.94. The lowest BCUT2D eigenvalue weighted by Crippen LogP contribution is -2.62. The van der Waals surface area contributed by atoms with Gasteiger partial charge in [0, 0.05) is 36.9 Å². The fourth-order valence-corrected chi connectivity index (χ4v) is 5.31. The molecule has 210 valence electrons. The SMILES string of the molecule is C=CCOC(=O)O[C@H](C)[C@H]1C(=O)N[C@@H]1CC(=O)S[C@H]1CCN(/C(C)=N/C(=O)OCc2ccc([N+](=O)[O-])cc2)C1. The van der Waals surface area contributed by atoms with Crippen molar-refractivity contribution in [2.45, 2.75) is 50.7 Å². The molecule has 2 amide bonds. The zero-order valence-electron chi connectivity index (χ0n) is 21.6. The Balaban J connectivity index is 1.41. The van der Waals surface area contributed by atoms with Crippen molar-refractivity contribution < 1.29 is 38.3 Å². The molecule has 2 aliphatic heterocycles. The van der Waals surface area contributed by atoms with Crippen LogP contribution in [0.3, 0.4) is 0 Å². The molecule has 1 aromatic rings. The summed E-state index contributed by atoms with van der Waals surface area (Å²) in [6.45, 7) is 7.74. The largest absolute Gasteiger partial charge is 0.508 e. The highest BCUT2D eigenvalue weighted by atomic mass is 32.2. The number of rotatable bonds is 10. The summed E-state index contributed by atoms with van der Waals surface area (Å²) in [6, 6.07) is 5.23. The van der Waals surface area contributed by atoms with E-state index in [2.05, 4.69) is 16.9 Å². The van der Waals surface area contributed by atoms with Crippen LogP contribution in [0.2, 0.25) is 0 Å². The van der Waals surface area contributed by atoms with E-state index in [-0.39, 0.29) is 41.6 Å². The lowest BCUT2D eigenvalue weighted by atomic mass is 9.84. The van der Waals surface area contributed by atoms with Crippen molar-refractivity contribution in [3.63, 3.8) is 0 Å². The number of carbonyl (C=O) groups is 4. The van der Waals surface area contributed by atoms with Crippen LogP contribution in [0.5, 0.6) is 0 Å². The molecule has 2 heterocycles. The molecular formula is C25H30N4O9S. The summed E-state index contributed by atoms with van der Waals surface area (Å²) in [6.07, 6.45) is -0.242. The number of thioether (sulfide) groups is 1. The van der Waals surface area contributed by atoms with Crippen LogP contribution in [-0.2, 0) is 30.4 Å². The average Bonchev–Trinajstić information content (AvgIpc) is 3.34. The van der Waals surface area contributed by atoms with Crippen LogP contribution in [-0.4, -0.2) is 76.0 Å².